The molecule has 2 atom stereocenters. The molecule has 3 heteroatoms. The molecule has 0 aromatic heterocycles. The van der Waals surface area contributed by atoms with Crippen LogP contribution in [0.2, 0.25) is 6.55 Å². The zero-order chi connectivity index (χ0) is 21.3. The predicted octanol–water partition coefficient (Wildman–Crippen LogP) is 8.59. The quantitative estimate of drug-likeness (QED) is 0.156. The van der Waals surface area contributed by atoms with E-state index in [4.69, 9.17) is 8.85 Å². The maximum atomic E-state index is 6.19. The summed E-state index contributed by atoms with van der Waals surface area (Å²) in [7, 11) is -2.20. The Morgan fingerprint density at radius 3 is 1.71 bits per heavy atom. The van der Waals surface area contributed by atoms with E-state index >= 15 is 0 Å². The normalized spacial score (nSPS) is 15.4. The van der Waals surface area contributed by atoms with Gasteiger partial charge >= 0.3 is 8.56 Å². The molecule has 168 valence electrons. The molecular formula is C25H52O2Si. The highest BCUT2D eigenvalue weighted by molar-refractivity contribution is 6.71. The minimum Gasteiger partial charge on any atom is -0.391 e. The van der Waals surface area contributed by atoms with Gasteiger partial charge in [-0.05, 0) is 36.4 Å². The van der Waals surface area contributed by atoms with Gasteiger partial charge < -0.3 is 8.85 Å². The van der Waals surface area contributed by atoms with Crippen molar-refractivity contribution in [1.29, 1.82) is 0 Å². The van der Waals surface area contributed by atoms with Gasteiger partial charge in [-0.3, -0.25) is 0 Å². The number of hydrogen-bond donors (Lipinski definition) is 0. The van der Waals surface area contributed by atoms with Crippen LogP contribution in [0.3, 0.4) is 0 Å². The lowest BCUT2D eigenvalue weighted by Gasteiger charge is -2.28. The van der Waals surface area contributed by atoms with Crippen LogP contribution in [0.5, 0.6) is 0 Å². The summed E-state index contributed by atoms with van der Waals surface area (Å²) in [4.78, 5) is 0. The van der Waals surface area contributed by atoms with Crippen LogP contribution in [0.25, 0.3) is 0 Å². The summed E-state index contributed by atoms with van der Waals surface area (Å²) in [6.07, 6.45) is 17.6. The number of unbranched alkanes of at least 4 members (excludes halogenated alkanes) is 11. The zero-order valence-electron chi connectivity index (χ0n) is 20.3. The van der Waals surface area contributed by atoms with Crippen LogP contribution >= 0.6 is 0 Å². The average Bonchev–Trinajstić information content (AvgIpc) is 2.62. The summed E-state index contributed by atoms with van der Waals surface area (Å²) in [5, 5.41) is 0. The Morgan fingerprint density at radius 2 is 1.29 bits per heavy atom. The van der Waals surface area contributed by atoms with Crippen LogP contribution in [-0.2, 0) is 8.85 Å². The smallest absolute Gasteiger partial charge is 0.361 e. The summed E-state index contributed by atoms with van der Waals surface area (Å²) in [6.45, 7) is 19.1. The lowest BCUT2D eigenvalue weighted by atomic mass is 9.86. The van der Waals surface area contributed by atoms with Crippen LogP contribution in [0, 0.1) is 11.3 Å². The largest absolute Gasteiger partial charge is 0.391 e. The Kier molecular flexibility index (Phi) is 16.6. The fourth-order valence-electron chi connectivity index (χ4n) is 3.79. The third-order valence-corrected chi connectivity index (χ3v) is 7.63. The van der Waals surface area contributed by atoms with Gasteiger partial charge in [0.15, 0.2) is 0 Å². The summed E-state index contributed by atoms with van der Waals surface area (Å²) < 4.78 is 12.3. The van der Waals surface area contributed by atoms with E-state index in [9.17, 15) is 0 Å². The number of rotatable bonds is 19. The lowest BCUT2D eigenvalue weighted by molar-refractivity contribution is 0.143. The lowest BCUT2D eigenvalue weighted by Crippen LogP contribution is -2.38. The average molecular weight is 413 g/mol. The molecule has 0 saturated carbocycles. The minimum absolute atomic E-state index is 0.352. The standard InChI is InChI=1S/C25H52O2Si/c1-8-10-11-12-13-14-15-16-17-18-19-20-21-26-28(7,9-2)27-23-24(3)22-25(4,5)6/h9,24H,2,8,10-23H2,1,3-7H3. The highest BCUT2D eigenvalue weighted by Crippen LogP contribution is 2.25. The molecule has 28 heavy (non-hydrogen) atoms. The predicted molar refractivity (Wildman–Crippen MR) is 128 cm³/mol. The SMILES string of the molecule is C=C[Si](C)(OCCCCCCCCCCCCCC)OCC(C)CC(C)(C)C. The van der Waals surface area contributed by atoms with Gasteiger partial charge in [0.05, 0.1) is 0 Å². The first-order valence-corrected chi connectivity index (χ1v) is 14.5. The monoisotopic (exact) mass is 412 g/mol. The molecule has 0 aliphatic carbocycles. The molecule has 0 N–H and O–H groups in total. The van der Waals surface area contributed by atoms with E-state index in [1.165, 1.54) is 77.0 Å². The minimum atomic E-state index is -2.20. The topological polar surface area (TPSA) is 18.5 Å². The fraction of sp³-hybridized carbons (Fsp3) is 0.920. The van der Waals surface area contributed by atoms with Gasteiger partial charge in [0.1, 0.15) is 0 Å². The fourth-order valence-corrected chi connectivity index (χ4v) is 5.27. The Bertz CT molecular complexity index is 364. The van der Waals surface area contributed by atoms with Crippen molar-refractivity contribution in [3.05, 3.63) is 12.3 Å². The molecule has 0 heterocycles. The Balaban J connectivity index is 3.64. The van der Waals surface area contributed by atoms with Crippen LogP contribution in [0.1, 0.15) is 118 Å². The molecule has 2 nitrogen and oxygen atoms in total. The molecule has 0 rings (SSSR count). The van der Waals surface area contributed by atoms with Crippen LogP contribution in [-0.4, -0.2) is 21.8 Å². The summed E-state index contributed by atoms with van der Waals surface area (Å²) in [6, 6.07) is 0. The molecule has 0 aromatic rings. The van der Waals surface area contributed by atoms with E-state index in [1.807, 2.05) is 5.70 Å². The first kappa shape index (κ1) is 27.9. The Labute approximate surface area is 179 Å². The van der Waals surface area contributed by atoms with Crippen molar-refractivity contribution in [2.24, 2.45) is 11.3 Å². The second-order valence-corrected chi connectivity index (χ2v) is 13.2. The summed E-state index contributed by atoms with van der Waals surface area (Å²) in [5.74, 6) is 0.557. The molecule has 0 spiro atoms. The third-order valence-electron chi connectivity index (χ3n) is 5.37. The molecule has 0 aromatic carbocycles. The van der Waals surface area contributed by atoms with Crippen molar-refractivity contribution < 1.29 is 8.85 Å². The van der Waals surface area contributed by atoms with Gasteiger partial charge in [-0.2, -0.15) is 0 Å². The first-order valence-electron chi connectivity index (χ1n) is 12.1. The molecule has 0 aliphatic heterocycles. The zero-order valence-corrected chi connectivity index (χ0v) is 21.3. The van der Waals surface area contributed by atoms with Gasteiger partial charge in [0.25, 0.3) is 0 Å². The van der Waals surface area contributed by atoms with Crippen LogP contribution in [0.15, 0.2) is 12.3 Å². The Hall–Kier alpha value is -0.123. The molecule has 0 amide bonds. The van der Waals surface area contributed by atoms with Crippen molar-refractivity contribution in [3.8, 4) is 0 Å². The van der Waals surface area contributed by atoms with Crippen molar-refractivity contribution in [2.75, 3.05) is 13.2 Å². The van der Waals surface area contributed by atoms with Gasteiger partial charge in [-0.25, -0.2) is 0 Å². The number of hydrogen-bond acceptors (Lipinski definition) is 2. The van der Waals surface area contributed by atoms with E-state index < -0.39 is 8.56 Å². The van der Waals surface area contributed by atoms with Gasteiger partial charge in [0, 0.05) is 13.2 Å². The van der Waals surface area contributed by atoms with E-state index in [1.54, 1.807) is 0 Å². The third kappa shape index (κ3) is 17.9. The Morgan fingerprint density at radius 1 is 0.821 bits per heavy atom. The summed E-state index contributed by atoms with van der Waals surface area (Å²) >= 11 is 0. The summed E-state index contributed by atoms with van der Waals surface area (Å²) in [5.41, 5.74) is 2.29. The van der Waals surface area contributed by atoms with E-state index in [2.05, 4.69) is 47.7 Å². The molecular weight excluding hydrogens is 360 g/mol. The molecule has 0 bridgehead atoms. The highest BCUT2D eigenvalue weighted by atomic mass is 28.4. The van der Waals surface area contributed by atoms with Crippen molar-refractivity contribution in [1.82, 2.24) is 0 Å². The van der Waals surface area contributed by atoms with Crippen molar-refractivity contribution in [3.63, 3.8) is 0 Å². The van der Waals surface area contributed by atoms with E-state index in [-0.39, 0.29) is 0 Å². The maximum Gasteiger partial charge on any atom is 0.361 e. The molecule has 0 saturated heterocycles. The van der Waals surface area contributed by atoms with E-state index in [0.29, 0.717) is 11.3 Å². The van der Waals surface area contributed by atoms with Crippen LogP contribution in [0.4, 0.5) is 0 Å². The van der Waals surface area contributed by atoms with Gasteiger partial charge in [-0.15, -0.1) is 6.58 Å². The van der Waals surface area contributed by atoms with E-state index in [0.717, 1.165) is 19.6 Å². The van der Waals surface area contributed by atoms with Crippen LogP contribution < -0.4 is 0 Å². The molecule has 0 radical (unpaired) electrons. The highest BCUT2D eigenvalue weighted by Gasteiger charge is 2.28. The van der Waals surface area contributed by atoms with Gasteiger partial charge in [0.2, 0.25) is 0 Å². The van der Waals surface area contributed by atoms with Crippen molar-refractivity contribution >= 4 is 8.56 Å². The maximum absolute atomic E-state index is 6.19. The van der Waals surface area contributed by atoms with Crippen molar-refractivity contribution in [2.45, 2.75) is 125 Å². The van der Waals surface area contributed by atoms with Gasteiger partial charge in [-0.1, -0.05) is 105 Å². The molecule has 0 fully saturated rings. The first-order chi connectivity index (χ1) is 13.2. The second-order valence-electron chi connectivity index (χ2n) is 10.1. The molecule has 2 unspecified atom stereocenters. The second kappa shape index (κ2) is 16.7. The molecule has 0 aliphatic rings.